The normalized spacial score (nSPS) is 12.5. The standard InChI is InChI=1S/C20H20N6O3/c1-12(2)16(10-29-20-15(26(27)28)8-5-9-22-20)25-11-23-17-18(25)13-6-3-4-7-14(13)24-19(17)21/h3-9,11-12,16H,10H2,1-2H3,(H2,21,24). The summed E-state index contributed by atoms with van der Waals surface area (Å²) in [4.78, 5) is 23.7. The Kier molecular flexibility index (Phi) is 4.71. The molecule has 9 nitrogen and oxygen atoms in total. The Hall–Kier alpha value is -3.75. The van der Waals surface area contributed by atoms with E-state index < -0.39 is 4.92 Å². The predicted octanol–water partition coefficient (Wildman–Crippen LogP) is 3.75. The van der Waals surface area contributed by atoms with E-state index in [1.54, 1.807) is 6.33 Å². The number of ether oxygens (including phenoxy) is 1. The zero-order valence-corrected chi connectivity index (χ0v) is 16.0. The molecule has 29 heavy (non-hydrogen) atoms. The van der Waals surface area contributed by atoms with Crippen LogP contribution in [-0.2, 0) is 0 Å². The first kappa shape index (κ1) is 18.6. The van der Waals surface area contributed by atoms with Crippen molar-refractivity contribution in [2.24, 2.45) is 5.92 Å². The van der Waals surface area contributed by atoms with Gasteiger partial charge in [0.15, 0.2) is 5.82 Å². The highest BCUT2D eigenvalue weighted by Crippen LogP contribution is 2.32. The number of fused-ring (bicyclic) bond motifs is 3. The minimum Gasteiger partial charge on any atom is -0.471 e. The second kappa shape index (κ2) is 7.34. The van der Waals surface area contributed by atoms with E-state index in [1.165, 1.54) is 18.3 Å². The molecular weight excluding hydrogens is 372 g/mol. The molecule has 9 heteroatoms. The highest BCUT2D eigenvalue weighted by atomic mass is 16.6. The Morgan fingerprint density at radius 3 is 2.76 bits per heavy atom. The van der Waals surface area contributed by atoms with Crippen LogP contribution in [0.15, 0.2) is 48.9 Å². The van der Waals surface area contributed by atoms with Gasteiger partial charge in [-0.25, -0.2) is 15.0 Å². The molecule has 4 aromatic rings. The van der Waals surface area contributed by atoms with Gasteiger partial charge in [-0.3, -0.25) is 10.1 Å². The summed E-state index contributed by atoms with van der Waals surface area (Å²) in [6.07, 6.45) is 3.19. The Bertz CT molecular complexity index is 1200. The van der Waals surface area contributed by atoms with Crippen molar-refractivity contribution >= 4 is 33.4 Å². The largest absolute Gasteiger partial charge is 0.471 e. The molecule has 1 unspecified atom stereocenters. The Balaban J connectivity index is 1.77. The van der Waals surface area contributed by atoms with Crippen molar-refractivity contribution in [3.8, 4) is 5.88 Å². The van der Waals surface area contributed by atoms with Gasteiger partial charge in [0.2, 0.25) is 0 Å². The molecule has 0 aliphatic heterocycles. The third-order valence-electron chi connectivity index (χ3n) is 4.90. The van der Waals surface area contributed by atoms with Gasteiger partial charge in [-0.05, 0) is 18.1 Å². The van der Waals surface area contributed by atoms with Crippen molar-refractivity contribution in [2.75, 3.05) is 12.3 Å². The maximum atomic E-state index is 11.2. The lowest BCUT2D eigenvalue weighted by Gasteiger charge is -2.23. The monoisotopic (exact) mass is 392 g/mol. The van der Waals surface area contributed by atoms with Crippen molar-refractivity contribution in [3.05, 3.63) is 59.0 Å². The van der Waals surface area contributed by atoms with Crippen LogP contribution in [0.1, 0.15) is 19.9 Å². The molecule has 1 atom stereocenters. The molecule has 1 aromatic carbocycles. The number of imidazole rings is 1. The van der Waals surface area contributed by atoms with Crippen LogP contribution in [0.2, 0.25) is 0 Å². The molecule has 0 amide bonds. The highest BCUT2D eigenvalue weighted by Gasteiger charge is 2.24. The Morgan fingerprint density at radius 1 is 1.21 bits per heavy atom. The average Bonchev–Trinajstić information content (AvgIpc) is 3.14. The molecule has 3 aromatic heterocycles. The number of rotatable bonds is 6. The number of nitrogens with two attached hydrogens (primary N) is 1. The van der Waals surface area contributed by atoms with Gasteiger partial charge >= 0.3 is 5.69 Å². The Labute approximate surface area is 166 Å². The number of hydrogen-bond donors (Lipinski definition) is 1. The summed E-state index contributed by atoms with van der Waals surface area (Å²) >= 11 is 0. The summed E-state index contributed by atoms with van der Waals surface area (Å²) in [5.41, 5.74) is 8.23. The van der Waals surface area contributed by atoms with Crippen molar-refractivity contribution < 1.29 is 9.66 Å². The van der Waals surface area contributed by atoms with Crippen LogP contribution >= 0.6 is 0 Å². The number of anilines is 1. The second-order valence-corrected chi connectivity index (χ2v) is 7.07. The topological polar surface area (TPSA) is 122 Å². The number of pyridine rings is 2. The van der Waals surface area contributed by atoms with Gasteiger partial charge in [0.1, 0.15) is 12.1 Å². The van der Waals surface area contributed by atoms with Gasteiger partial charge in [0.25, 0.3) is 5.88 Å². The van der Waals surface area contributed by atoms with Gasteiger partial charge < -0.3 is 15.0 Å². The van der Waals surface area contributed by atoms with Crippen molar-refractivity contribution in [2.45, 2.75) is 19.9 Å². The number of hydrogen-bond acceptors (Lipinski definition) is 7. The third-order valence-corrected chi connectivity index (χ3v) is 4.90. The van der Waals surface area contributed by atoms with Crippen LogP contribution in [0.25, 0.3) is 21.9 Å². The lowest BCUT2D eigenvalue weighted by atomic mass is 10.0. The third kappa shape index (κ3) is 3.31. The first-order valence-corrected chi connectivity index (χ1v) is 9.20. The van der Waals surface area contributed by atoms with Crippen molar-refractivity contribution in [1.29, 1.82) is 0 Å². The molecule has 0 aliphatic carbocycles. The molecule has 148 valence electrons. The van der Waals surface area contributed by atoms with E-state index in [0.29, 0.717) is 11.3 Å². The van der Waals surface area contributed by atoms with Crippen LogP contribution in [0.3, 0.4) is 0 Å². The fraction of sp³-hybridized carbons (Fsp3) is 0.250. The first-order valence-electron chi connectivity index (χ1n) is 9.20. The van der Waals surface area contributed by atoms with Gasteiger partial charge in [0, 0.05) is 17.6 Å². The SMILES string of the molecule is CC(C)C(COc1ncccc1[N+](=O)[O-])n1cnc2c(N)nc3ccccc3c21. The predicted molar refractivity (Wildman–Crippen MR) is 110 cm³/mol. The number of benzene rings is 1. The molecule has 2 N–H and O–H groups in total. The van der Waals surface area contributed by atoms with E-state index in [9.17, 15) is 10.1 Å². The quantitative estimate of drug-likeness (QED) is 0.392. The maximum Gasteiger partial charge on any atom is 0.330 e. The van der Waals surface area contributed by atoms with E-state index in [0.717, 1.165) is 16.4 Å². The number of nitro groups is 1. The molecule has 0 radical (unpaired) electrons. The minimum atomic E-state index is -0.501. The van der Waals surface area contributed by atoms with E-state index >= 15 is 0 Å². The van der Waals surface area contributed by atoms with E-state index in [1.807, 2.05) is 28.8 Å². The van der Waals surface area contributed by atoms with Crippen molar-refractivity contribution in [1.82, 2.24) is 19.5 Å². The van der Waals surface area contributed by atoms with Gasteiger partial charge in [0.05, 0.1) is 28.3 Å². The van der Waals surface area contributed by atoms with Crippen LogP contribution in [0.4, 0.5) is 11.5 Å². The van der Waals surface area contributed by atoms with Crippen LogP contribution in [0, 0.1) is 16.0 Å². The maximum absolute atomic E-state index is 11.2. The molecular formula is C20H20N6O3. The highest BCUT2D eigenvalue weighted by molar-refractivity contribution is 6.06. The minimum absolute atomic E-state index is 0.00129. The second-order valence-electron chi connectivity index (χ2n) is 7.07. The zero-order valence-electron chi connectivity index (χ0n) is 16.0. The summed E-state index contributed by atoms with van der Waals surface area (Å²) in [6.45, 7) is 4.30. The molecule has 0 saturated heterocycles. The van der Waals surface area contributed by atoms with Gasteiger partial charge in [-0.15, -0.1) is 0 Å². The smallest absolute Gasteiger partial charge is 0.330 e. The van der Waals surface area contributed by atoms with Crippen LogP contribution in [-0.4, -0.2) is 31.0 Å². The zero-order chi connectivity index (χ0) is 20.5. The summed E-state index contributed by atoms with van der Waals surface area (Å²) in [5.74, 6) is 0.517. The molecule has 0 saturated carbocycles. The van der Waals surface area contributed by atoms with E-state index in [4.69, 9.17) is 10.5 Å². The van der Waals surface area contributed by atoms with E-state index in [-0.39, 0.29) is 30.1 Å². The summed E-state index contributed by atoms with van der Waals surface area (Å²) < 4.78 is 7.80. The van der Waals surface area contributed by atoms with E-state index in [2.05, 4.69) is 28.8 Å². The molecule has 0 bridgehead atoms. The molecule has 0 spiro atoms. The fourth-order valence-electron chi connectivity index (χ4n) is 3.41. The Morgan fingerprint density at radius 2 is 2.00 bits per heavy atom. The van der Waals surface area contributed by atoms with Crippen LogP contribution < -0.4 is 10.5 Å². The lowest BCUT2D eigenvalue weighted by Crippen LogP contribution is -2.22. The molecule has 0 fully saturated rings. The van der Waals surface area contributed by atoms with Crippen molar-refractivity contribution in [3.63, 3.8) is 0 Å². The average molecular weight is 392 g/mol. The molecule has 0 aliphatic rings. The number of nitrogens with zero attached hydrogens (tertiary/aromatic N) is 5. The number of aromatic nitrogens is 4. The summed E-state index contributed by atoms with van der Waals surface area (Å²) in [6, 6.07) is 10.5. The summed E-state index contributed by atoms with van der Waals surface area (Å²) in [7, 11) is 0. The van der Waals surface area contributed by atoms with Crippen LogP contribution in [0.5, 0.6) is 5.88 Å². The van der Waals surface area contributed by atoms with Gasteiger partial charge in [-0.2, -0.15) is 0 Å². The lowest BCUT2D eigenvalue weighted by molar-refractivity contribution is -0.386. The molecule has 3 heterocycles. The fourth-order valence-corrected chi connectivity index (χ4v) is 3.41. The first-order chi connectivity index (χ1) is 14.0. The molecule has 4 rings (SSSR count). The number of nitrogen functional groups attached to an aromatic ring is 1. The summed E-state index contributed by atoms with van der Waals surface area (Å²) in [5, 5.41) is 12.2. The van der Waals surface area contributed by atoms with Gasteiger partial charge in [-0.1, -0.05) is 32.0 Å². The number of para-hydroxylation sites is 1.